The molecule has 2 heterocycles. The quantitative estimate of drug-likeness (QED) is 0.621. The summed E-state index contributed by atoms with van der Waals surface area (Å²) in [6.45, 7) is 2.49. The predicted molar refractivity (Wildman–Crippen MR) is 123 cm³/mol. The Bertz CT molecular complexity index is 998. The molecule has 2 atom stereocenters. The van der Waals surface area contributed by atoms with Crippen molar-refractivity contribution in [3.8, 4) is 0 Å². The molecular weight excluding hydrogens is 434 g/mol. The molecule has 162 valence electrons. The van der Waals surface area contributed by atoms with Crippen LogP contribution in [0.1, 0.15) is 36.1 Å². The molecule has 2 unspecified atom stereocenters. The molecular formula is C22H24ClN5O2S. The fourth-order valence-corrected chi connectivity index (χ4v) is 4.59. The summed E-state index contributed by atoms with van der Waals surface area (Å²) in [6, 6.07) is 15.5. The molecule has 4 rings (SSSR count). The summed E-state index contributed by atoms with van der Waals surface area (Å²) in [5.41, 5.74) is 9.23. The minimum Gasteiger partial charge on any atom is -0.351 e. The van der Waals surface area contributed by atoms with E-state index in [1.165, 1.54) is 17.3 Å². The minimum atomic E-state index is -0.359. The fraction of sp³-hybridized carbons (Fsp3) is 0.318. The van der Waals surface area contributed by atoms with Crippen LogP contribution in [0, 0.1) is 0 Å². The van der Waals surface area contributed by atoms with Crippen LogP contribution in [0.3, 0.4) is 0 Å². The van der Waals surface area contributed by atoms with Crippen molar-refractivity contribution in [3.05, 3.63) is 70.2 Å². The zero-order valence-electron chi connectivity index (χ0n) is 17.1. The average Bonchev–Trinajstić information content (AvgIpc) is 3.25. The number of aryl methyl sites for hydroxylation is 1. The maximum atomic E-state index is 12.3. The lowest BCUT2D eigenvalue weighted by Crippen LogP contribution is -2.52. The summed E-state index contributed by atoms with van der Waals surface area (Å²) in [5.74, 6) is -0.0976. The number of benzene rings is 2. The standard InChI is InChI=1S/C22H24ClN5O2S/c1-2-14-7-9-15(10-8-14)18-11-19-21(30)25-26-22(28(19)27-18)31-13-20(29)24-12-16-5-3-4-6-17(16)23/h3-10,18-19,27H,2,11-13H2,1H3,(H,24,29)(H,25,30). The van der Waals surface area contributed by atoms with E-state index < -0.39 is 0 Å². The highest BCUT2D eigenvalue weighted by Gasteiger charge is 2.41. The van der Waals surface area contributed by atoms with E-state index in [1.807, 2.05) is 18.2 Å². The van der Waals surface area contributed by atoms with Crippen LogP contribution in [0.4, 0.5) is 0 Å². The average molecular weight is 458 g/mol. The Morgan fingerprint density at radius 3 is 2.77 bits per heavy atom. The Hall–Kier alpha value is -2.55. The first kappa shape index (κ1) is 21.7. The summed E-state index contributed by atoms with van der Waals surface area (Å²) < 4.78 is 0. The number of amides is 2. The Balaban J connectivity index is 1.35. The third kappa shape index (κ3) is 5.03. The van der Waals surface area contributed by atoms with E-state index in [1.54, 1.807) is 11.1 Å². The van der Waals surface area contributed by atoms with E-state index in [0.717, 1.165) is 17.5 Å². The van der Waals surface area contributed by atoms with E-state index in [0.29, 0.717) is 23.2 Å². The molecule has 0 aromatic heterocycles. The van der Waals surface area contributed by atoms with Gasteiger partial charge in [-0.25, -0.2) is 10.9 Å². The van der Waals surface area contributed by atoms with Gasteiger partial charge in [-0.3, -0.25) is 14.6 Å². The van der Waals surface area contributed by atoms with Crippen molar-refractivity contribution >= 4 is 40.3 Å². The topological polar surface area (TPSA) is 85.8 Å². The SMILES string of the molecule is CCc1ccc(C2CC3C(=O)NN=C(SCC(=O)NCc4ccccc4Cl)N3N2)cc1. The largest absolute Gasteiger partial charge is 0.351 e. The molecule has 2 amide bonds. The normalized spacial score (nSPS) is 20.1. The summed E-state index contributed by atoms with van der Waals surface area (Å²) in [5, 5.41) is 10.0. The summed E-state index contributed by atoms with van der Waals surface area (Å²) in [7, 11) is 0. The van der Waals surface area contributed by atoms with Gasteiger partial charge in [0, 0.05) is 11.6 Å². The second kappa shape index (κ2) is 9.72. The molecule has 2 aromatic carbocycles. The highest BCUT2D eigenvalue weighted by atomic mass is 35.5. The van der Waals surface area contributed by atoms with Gasteiger partial charge in [-0.05, 0) is 35.6 Å². The molecule has 2 aliphatic heterocycles. The summed E-state index contributed by atoms with van der Waals surface area (Å²) in [6.07, 6.45) is 1.62. The van der Waals surface area contributed by atoms with Crippen molar-refractivity contribution in [2.75, 3.05) is 5.75 Å². The van der Waals surface area contributed by atoms with E-state index in [-0.39, 0.29) is 29.7 Å². The van der Waals surface area contributed by atoms with Gasteiger partial charge in [0.1, 0.15) is 6.04 Å². The Kier molecular flexibility index (Phi) is 6.80. The number of carbonyl (C=O) groups is 2. The zero-order valence-corrected chi connectivity index (χ0v) is 18.7. The fourth-order valence-electron chi connectivity index (χ4n) is 3.60. The predicted octanol–water partition coefficient (Wildman–Crippen LogP) is 2.97. The van der Waals surface area contributed by atoms with Gasteiger partial charge < -0.3 is 5.32 Å². The molecule has 3 N–H and O–H groups in total. The Morgan fingerprint density at radius 1 is 1.26 bits per heavy atom. The second-order valence-electron chi connectivity index (χ2n) is 7.43. The number of nitrogens with zero attached hydrogens (tertiary/aromatic N) is 2. The number of amidine groups is 1. The number of hydrogen-bond donors (Lipinski definition) is 3. The van der Waals surface area contributed by atoms with Gasteiger partial charge in [-0.1, -0.05) is 72.8 Å². The van der Waals surface area contributed by atoms with Gasteiger partial charge in [-0.2, -0.15) is 0 Å². The van der Waals surface area contributed by atoms with Crippen LogP contribution >= 0.6 is 23.4 Å². The minimum absolute atomic E-state index is 0.0135. The third-order valence-corrected chi connectivity index (χ3v) is 6.71. The monoisotopic (exact) mass is 457 g/mol. The first-order valence-corrected chi connectivity index (χ1v) is 11.6. The maximum absolute atomic E-state index is 12.3. The number of nitrogens with one attached hydrogen (secondary N) is 3. The third-order valence-electron chi connectivity index (χ3n) is 5.39. The van der Waals surface area contributed by atoms with Crippen molar-refractivity contribution in [2.24, 2.45) is 5.10 Å². The molecule has 2 aromatic rings. The van der Waals surface area contributed by atoms with Gasteiger partial charge >= 0.3 is 0 Å². The molecule has 0 bridgehead atoms. The van der Waals surface area contributed by atoms with Crippen molar-refractivity contribution in [1.82, 2.24) is 21.2 Å². The van der Waals surface area contributed by atoms with Crippen LogP contribution in [-0.4, -0.2) is 33.8 Å². The highest BCUT2D eigenvalue weighted by molar-refractivity contribution is 8.14. The van der Waals surface area contributed by atoms with Crippen molar-refractivity contribution in [1.29, 1.82) is 0 Å². The Labute approximate surface area is 190 Å². The number of hydrazine groups is 1. The van der Waals surface area contributed by atoms with E-state index in [2.05, 4.69) is 52.5 Å². The van der Waals surface area contributed by atoms with Crippen molar-refractivity contribution in [3.63, 3.8) is 0 Å². The molecule has 0 aliphatic carbocycles. The number of thioether (sulfide) groups is 1. The van der Waals surface area contributed by atoms with Crippen LogP contribution in [0.25, 0.3) is 0 Å². The molecule has 2 aliphatic rings. The lowest BCUT2D eigenvalue weighted by molar-refractivity contribution is -0.125. The van der Waals surface area contributed by atoms with Gasteiger partial charge in [0.2, 0.25) is 5.91 Å². The maximum Gasteiger partial charge on any atom is 0.264 e. The van der Waals surface area contributed by atoms with Gasteiger partial charge in [0.15, 0.2) is 5.17 Å². The lowest BCUT2D eigenvalue weighted by atomic mass is 10.00. The van der Waals surface area contributed by atoms with Gasteiger partial charge in [0.05, 0.1) is 11.8 Å². The molecule has 31 heavy (non-hydrogen) atoms. The van der Waals surface area contributed by atoms with E-state index in [9.17, 15) is 9.59 Å². The number of hydrogen-bond acceptors (Lipinski definition) is 6. The Morgan fingerprint density at radius 2 is 2.03 bits per heavy atom. The highest BCUT2D eigenvalue weighted by Crippen LogP contribution is 2.31. The molecule has 7 nitrogen and oxygen atoms in total. The van der Waals surface area contributed by atoms with Crippen LogP contribution in [-0.2, 0) is 22.6 Å². The van der Waals surface area contributed by atoms with Gasteiger partial charge in [-0.15, -0.1) is 5.10 Å². The second-order valence-corrected chi connectivity index (χ2v) is 8.78. The van der Waals surface area contributed by atoms with Crippen LogP contribution in [0.5, 0.6) is 0 Å². The summed E-state index contributed by atoms with van der Waals surface area (Å²) >= 11 is 7.41. The van der Waals surface area contributed by atoms with Crippen LogP contribution < -0.4 is 16.2 Å². The van der Waals surface area contributed by atoms with Crippen molar-refractivity contribution in [2.45, 2.75) is 38.4 Å². The smallest absolute Gasteiger partial charge is 0.264 e. The number of carbonyl (C=O) groups excluding carboxylic acids is 2. The van der Waals surface area contributed by atoms with Crippen LogP contribution in [0.15, 0.2) is 53.6 Å². The van der Waals surface area contributed by atoms with E-state index >= 15 is 0 Å². The first-order valence-electron chi connectivity index (χ1n) is 10.2. The number of fused-ring (bicyclic) bond motifs is 1. The molecule has 0 spiro atoms. The van der Waals surface area contributed by atoms with Crippen LogP contribution in [0.2, 0.25) is 5.02 Å². The zero-order chi connectivity index (χ0) is 21.8. The van der Waals surface area contributed by atoms with E-state index in [4.69, 9.17) is 11.6 Å². The van der Waals surface area contributed by atoms with Gasteiger partial charge in [0.25, 0.3) is 5.91 Å². The number of hydrazone groups is 1. The molecule has 0 radical (unpaired) electrons. The number of halogens is 1. The first-order chi connectivity index (χ1) is 15.0. The molecule has 1 saturated heterocycles. The summed E-state index contributed by atoms with van der Waals surface area (Å²) in [4.78, 5) is 24.6. The lowest BCUT2D eigenvalue weighted by Gasteiger charge is -2.29. The molecule has 9 heteroatoms. The van der Waals surface area contributed by atoms with Crippen molar-refractivity contribution < 1.29 is 9.59 Å². The molecule has 0 saturated carbocycles. The number of rotatable bonds is 6. The molecule has 1 fully saturated rings.